The van der Waals surface area contributed by atoms with E-state index in [1.807, 2.05) is 6.92 Å². The molecule has 1 amide bonds. The number of likely N-dealkylation sites (tertiary alicyclic amines) is 1. The largest absolute Gasteiger partial charge is 0.352 e. The Kier molecular flexibility index (Phi) is 4.40. The highest BCUT2D eigenvalue weighted by Crippen LogP contribution is 2.18. The maximum atomic E-state index is 11.7. The first-order valence-corrected chi connectivity index (χ1v) is 6.95. The average molecular weight is 239 g/mol. The van der Waals surface area contributed by atoms with Gasteiger partial charge in [-0.2, -0.15) is 0 Å². The van der Waals surface area contributed by atoms with E-state index in [2.05, 4.69) is 22.5 Å². The lowest BCUT2D eigenvalue weighted by Crippen LogP contribution is -2.44. The molecule has 1 saturated carbocycles. The predicted octanol–water partition coefficient (Wildman–Crippen LogP) is 0.585. The molecule has 4 nitrogen and oxygen atoms in total. The van der Waals surface area contributed by atoms with Crippen LogP contribution in [0.2, 0.25) is 0 Å². The minimum Gasteiger partial charge on any atom is -0.352 e. The first-order valence-electron chi connectivity index (χ1n) is 6.95. The number of carbonyl (C=O) groups is 1. The van der Waals surface area contributed by atoms with Crippen molar-refractivity contribution >= 4 is 5.91 Å². The van der Waals surface area contributed by atoms with Crippen molar-refractivity contribution in [3.63, 3.8) is 0 Å². The topological polar surface area (TPSA) is 44.4 Å². The second kappa shape index (κ2) is 5.83. The van der Waals surface area contributed by atoms with Gasteiger partial charge in [-0.1, -0.05) is 6.92 Å². The summed E-state index contributed by atoms with van der Waals surface area (Å²) in [7, 11) is 0. The molecule has 17 heavy (non-hydrogen) atoms. The van der Waals surface area contributed by atoms with Gasteiger partial charge < -0.3 is 15.5 Å². The van der Waals surface area contributed by atoms with E-state index in [0.717, 1.165) is 25.9 Å². The van der Waals surface area contributed by atoms with E-state index < -0.39 is 0 Å². The van der Waals surface area contributed by atoms with Gasteiger partial charge in [-0.15, -0.1) is 0 Å². The second-order valence-electron chi connectivity index (χ2n) is 5.46. The van der Waals surface area contributed by atoms with Crippen LogP contribution in [0.1, 0.15) is 33.1 Å². The molecule has 2 fully saturated rings. The summed E-state index contributed by atoms with van der Waals surface area (Å²) in [4.78, 5) is 14.2. The van der Waals surface area contributed by atoms with Crippen molar-refractivity contribution < 1.29 is 4.79 Å². The Hall–Kier alpha value is -0.610. The maximum Gasteiger partial charge on any atom is 0.237 e. The highest BCUT2D eigenvalue weighted by Gasteiger charge is 2.26. The lowest BCUT2D eigenvalue weighted by molar-refractivity contribution is -0.122. The molecule has 2 rings (SSSR count). The molecule has 0 spiro atoms. The molecule has 0 radical (unpaired) electrons. The minimum absolute atomic E-state index is 0.0497. The molecule has 2 unspecified atom stereocenters. The van der Waals surface area contributed by atoms with Gasteiger partial charge in [0.1, 0.15) is 0 Å². The molecule has 0 aromatic rings. The van der Waals surface area contributed by atoms with E-state index >= 15 is 0 Å². The smallest absolute Gasteiger partial charge is 0.237 e. The standard InChI is InChI=1S/C13H25N3O/c1-3-16-7-6-11(9-16)8-14-10(2)13(17)15-12-4-5-12/h10-12,14H,3-9H2,1-2H3,(H,15,17). The number of amides is 1. The molecule has 0 bridgehead atoms. The molecule has 2 aliphatic rings. The Morgan fingerprint density at radius 1 is 1.41 bits per heavy atom. The Morgan fingerprint density at radius 3 is 2.76 bits per heavy atom. The van der Waals surface area contributed by atoms with E-state index in [4.69, 9.17) is 0 Å². The highest BCUT2D eigenvalue weighted by molar-refractivity contribution is 5.81. The van der Waals surface area contributed by atoms with Gasteiger partial charge >= 0.3 is 0 Å². The molecule has 1 aliphatic carbocycles. The fourth-order valence-electron chi connectivity index (χ4n) is 2.36. The maximum absolute atomic E-state index is 11.7. The molecule has 2 N–H and O–H groups in total. The zero-order valence-corrected chi connectivity index (χ0v) is 11.0. The van der Waals surface area contributed by atoms with Crippen LogP contribution >= 0.6 is 0 Å². The van der Waals surface area contributed by atoms with Gasteiger partial charge in [-0.3, -0.25) is 4.79 Å². The van der Waals surface area contributed by atoms with Crippen LogP contribution in [0.5, 0.6) is 0 Å². The normalized spacial score (nSPS) is 27.1. The highest BCUT2D eigenvalue weighted by atomic mass is 16.2. The summed E-state index contributed by atoms with van der Waals surface area (Å²) in [5.41, 5.74) is 0. The molecular weight excluding hydrogens is 214 g/mol. The van der Waals surface area contributed by atoms with Crippen molar-refractivity contribution in [3.05, 3.63) is 0 Å². The van der Waals surface area contributed by atoms with Crippen LogP contribution < -0.4 is 10.6 Å². The summed E-state index contributed by atoms with van der Waals surface area (Å²) in [5.74, 6) is 0.879. The van der Waals surface area contributed by atoms with Crippen LogP contribution in [0.4, 0.5) is 0 Å². The van der Waals surface area contributed by atoms with Crippen LogP contribution in [0, 0.1) is 5.92 Å². The van der Waals surface area contributed by atoms with E-state index in [-0.39, 0.29) is 11.9 Å². The van der Waals surface area contributed by atoms with Gasteiger partial charge in [-0.05, 0) is 51.7 Å². The fraction of sp³-hybridized carbons (Fsp3) is 0.923. The van der Waals surface area contributed by atoms with Crippen LogP contribution in [0.25, 0.3) is 0 Å². The lowest BCUT2D eigenvalue weighted by atomic mass is 10.1. The van der Waals surface area contributed by atoms with Gasteiger partial charge in [0, 0.05) is 12.6 Å². The summed E-state index contributed by atoms with van der Waals surface area (Å²) in [6.07, 6.45) is 3.58. The van der Waals surface area contributed by atoms with E-state index in [1.54, 1.807) is 0 Å². The van der Waals surface area contributed by atoms with Crippen LogP contribution in [0.3, 0.4) is 0 Å². The molecule has 0 aromatic heterocycles. The van der Waals surface area contributed by atoms with Gasteiger partial charge in [0.25, 0.3) is 0 Å². The number of rotatable bonds is 6. The van der Waals surface area contributed by atoms with E-state index in [1.165, 1.54) is 19.5 Å². The number of carbonyl (C=O) groups excluding carboxylic acids is 1. The fourth-order valence-corrected chi connectivity index (χ4v) is 2.36. The first-order chi connectivity index (χ1) is 8.19. The second-order valence-corrected chi connectivity index (χ2v) is 5.46. The van der Waals surface area contributed by atoms with Gasteiger partial charge in [0.15, 0.2) is 0 Å². The molecule has 0 aromatic carbocycles. The Labute approximate surface area is 104 Å². The molecule has 98 valence electrons. The zero-order valence-electron chi connectivity index (χ0n) is 11.0. The Balaban J connectivity index is 1.61. The molecule has 1 aliphatic heterocycles. The third-order valence-electron chi connectivity index (χ3n) is 3.85. The number of nitrogens with one attached hydrogen (secondary N) is 2. The summed E-state index contributed by atoms with van der Waals surface area (Å²) in [6.45, 7) is 8.68. The molecule has 1 saturated heterocycles. The van der Waals surface area contributed by atoms with Gasteiger partial charge in [0.2, 0.25) is 5.91 Å². The summed E-state index contributed by atoms with van der Waals surface area (Å²) in [6, 6.07) is 0.417. The Morgan fingerprint density at radius 2 is 2.18 bits per heavy atom. The van der Waals surface area contributed by atoms with Gasteiger partial charge in [0.05, 0.1) is 6.04 Å². The van der Waals surface area contributed by atoms with Gasteiger partial charge in [-0.25, -0.2) is 0 Å². The third-order valence-corrected chi connectivity index (χ3v) is 3.85. The molecule has 4 heteroatoms. The molecular formula is C13H25N3O. The summed E-state index contributed by atoms with van der Waals surface area (Å²) >= 11 is 0. The lowest BCUT2D eigenvalue weighted by Gasteiger charge is -2.17. The van der Waals surface area contributed by atoms with Crippen molar-refractivity contribution in [1.29, 1.82) is 0 Å². The zero-order chi connectivity index (χ0) is 12.3. The predicted molar refractivity (Wildman–Crippen MR) is 68.9 cm³/mol. The van der Waals surface area contributed by atoms with Crippen LogP contribution in [0.15, 0.2) is 0 Å². The molecule has 2 atom stereocenters. The first kappa shape index (κ1) is 12.8. The quantitative estimate of drug-likeness (QED) is 0.713. The van der Waals surface area contributed by atoms with Crippen molar-refractivity contribution in [3.8, 4) is 0 Å². The van der Waals surface area contributed by atoms with Crippen molar-refractivity contribution in [2.75, 3.05) is 26.2 Å². The number of hydrogen-bond acceptors (Lipinski definition) is 3. The van der Waals surface area contributed by atoms with Crippen molar-refractivity contribution in [1.82, 2.24) is 15.5 Å². The average Bonchev–Trinajstić information content (AvgIpc) is 3.02. The van der Waals surface area contributed by atoms with Crippen molar-refractivity contribution in [2.45, 2.75) is 45.2 Å². The van der Waals surface area contributed by atoms with Crippen LogP contribution in [-0.4, -0.2) is 49.1 Å². The summed E-state index contributed by atoms with van der Waals surface area (Å²) in [5, 5.41) is 6.40. The van der Waals surface area contributed by atoms with E-state index in [9.17, 15) is 4.79 Å². The monoisotopic (exact) mass is 239 g/mol. The SMILES string of the molecule is CCN1CCC(CNC(C)C(=O)NC2CC2)C1. The number of hydrogen-bond donors (Lipinski definition) is 2. The van der Waals surface area contributed by atoms with Crippen LogP contribution in [-0.2, 0) is 4.79 Å². The number of nitrogens with zero attached hydrogens (tertiary/aromatic N) is 1. The minimum atomic E-state index is -0.0497. The third kappa shape index (κ3) is 3.96. The van der Waals surface area contributed by atoms with Crippen molar-refractivity contribution in [2.24, 2.45) is 5.92 Å². The van der Waals surface area contributed by atoms with E-state index in [0.29, 0.717) is 12.0 Å². The summed E-state index contributed by atoms with van der Waals surface area (Å²) < 4.78 is 0. The Bertz CT molecular complexity index is 265. The molecule has 1 heterocycles.